The van der Waals surface area contributed by atoms with Gasteiger partial charge in [0.15, 0.2) is 11.5 Å². The van der Waals surface area contributed by atoms with Crippen molar-refractivity contribution in [3.05, 3.63) is 59.9 Å². The van der Waals surface area contributed by atoms with Crippen LogP contribution in [0.15, 0.2) is 48.5 Å². The largest absolute Gasteiger partial charge is 0.493 e. The average Bonchev–Trinajstić information content (AvgIpc) is 3.14. The van der Waals surface area contributed by atoms with Crippen molar-refractivity contribution in [1.29, 1.82) is 0 Å². The highest BCUT2D eigenvalue weighted by Crippen LogP contribution is 2.33. The standard InChI is InChI=1S/C22H23F2N3O3/c1-13(2)19(21-25-15-8-4-5-9-16(15)26-21)27-18(28)12-11-14-7-6-10-17(29-3)20(14)30-22(23)24/h4-13,19,22H,1-3H3,(H,25,26)(H,27,28)/b12-11+. The fourth-order valence-corrected chi connectivity index (χ4v) is 3.08. The van der Waals surface area contributed by atoms with E-state index in [9.17, 15) is 13.6 Å². The molecule has 0 radical (unpaired) electrons. The summed E-state index contributed by atoms with van der Waals surface area (Å²) in [5, 5.41) is 2.91. The van der Waals surface area contributed by atoms with Crippen molar-refractivity contribution in [1.82, 2.24) is 15.3 Å². The van der Waals surface area contributed by atoms with E-state index in [0.717, 1.165) is 11.0 Å². The molecule has 6 nitrogen and oxygen atoms in total. The van der Waals surface area contributed by atoms with E-state index in [1.165, 1.54) is 25.3 Å². The second-order valence-corrected chi connectivity index (χ2v) is 6.96. The van der Waals surface area contributed by atoms with E-state index in [2.05, 4.69) is 20.0 Å². The summed E-state index contributed by atoms with van der Waals surface area (Å²) in [6.45, 7) is 0.928. The number of aromatic nitrogens is 2. The molecule has 1 heterocycles. The number of para-hydroxylation sites is 3. The zero-order valence-corrected chi connectivity index (χ0v) is 16.9. The van der Waals surface area contributed by atoms with Crippen molar-refractivity contribution >= 4 is 23.0 Å². The van der Waals surface area contributed by atoms with Crippen molar-refractivity contribution in [2.45, 2.75) is 26.5 Å². The van der Waals surface area contributed by atoms with E-state index in [4.69, 9.17) is 4.74 Å². The van der Waals surface area contributed by atoms with Crippen molar-refractivity contribution in [3.63, 3.8) is 0 Å². The van der Waals surface area contributed by atoms with Crippen LogP contribution in [0, 0.1) is 5.92 Å². The molecule has 1 aromatic heterocycles. The van der Waals surface area contributed by atoms with E-state index >= 15 is 0 Å². The quantitative estimate of drug-likeness (QED) is 0.523. The number of ether oxygens (including phenoxy) is 2. The monoisotopic (exact) mass is 415 g/mol. The van der Waals surface area contributed by atoms with Gasteiger partial charge in [0, 0.05) is 11.6 Å². The number of nitrogens with one attached hydrogen (secondary N) is 2. The summed E-state index contributed by atoms with van der Waals surface area (Å²) >= 11 is 0. The molecule has 0 aliphatic heterocycles. The molecule has 8 heteroatoms. The second-order valence-electron chi connectivity index (χ2n) is 6.96. The van der Waals surface area contributed by atoms with Gasteiger partial charge in [-0.25, -0.2) is 4.98 Å². The predicted octanol–water partition coefficient (Wildman–Crippen LogP) is 4.70. The van der Waals surface area contributed by atoms with Crippen molar-refractivity contribution in [2.75, 3.05) is 7.11 Å². The smallest absolute Gasteiger partial charge is 0.387 e. The maximum Gasteiger partial charge on any atom is 0.387 e. The number of halogens is 2. The summed E-state index contributed by atoms with van der Waals surface area (Å²) in [4.78, 5) is 20.3. The SMILES string of the molecule is COc1cccc(/C=C/C(=O)NC(c2nc3ccccc3[nH]2)C(C)C)c1OC(F)F. The topological polar surface area (TPSA) is 76.2 Å². The van der Waals surface area contributed by atoms with Gasteiger partial charge >= 0.3 is 6.61 Å². The normalized spacial score (nSPS) is 12.6. The zero-order valence-electron chi connectivity index (χ0n) is 16.9. The lowest BCUT2D eigenvalue weighted by molar-refractivity contribution is -0.117. The fourth-order valence-electron chi connectivity index (χ4n) is 3.08. The first-order valence-electron chi connectivity index (χ1n) is 9.44. The van der Waals surface area contributed by atoms with E-state index in [-0.39, 0.29) is 29.4 Å². The number of benzene rings is 2. The van der Waals surface area contributed by atoms with Crippen LogP contribution in [0.2, 0.25) is 0 Å². The number of amides is 1. The molecule has 0 fully saturated rings. The van der Waals surface area contributed by atoms with Crippen LogP contribution in [0.25, 0.3) is 17.1 Å². The average molecular weight is 415 g/mol. The highest BCUT2D eigenvalue weighted by atomic mass is 19.3. The molecule has 1 unspecified atom stereocenters. The Balaban J connectivity index is 1.80. The molecular weight excluding hydrogens is 392 g/mol. The molecular formula is C22H23F2N3O3. The van der Waals surface area contributed by atoms with Crippen LogP contribution in [-0.4, -0.2) is 29.6 Å². The van der Waals surface area contributed by atoms with Crippen LogP contribution in [0.1, 0.15) is 31.3 Å². The van der Waals surface area contributed by atoms with E-state index in [1.807, 2.05) is 38.1 Å². The minimum Gasteiger partial charge on any atom is -0.493 e. The van der Waals surface area contributed by atoms with Crippen LogP contribution < -0.4 is 14.8 Å². The third-order valence-corrected chi connectivity index (χ3v) is 4.52. The molecule has 30 heavy (non-hydrogen) atoms. The Bertz CT molecular complexity index is 1010. The first kappa shape index (κ1) is 21.3. The van der Waals surface area contributed by atoms with Crippen LogP contribution >= 0.6 is 0 Å². The highest BCUT2D eigenvalue weighted by molar-refractivity contribution is 5.92. The van der Waals surface area contributed by atoms with Gasteiger partial charge in [-0.15, -0.1) is 0 Å². The van der Waals surface area contributed by atoms with Crippen LogP contribution in [0.4, 0.5) is 8.78 Å². The summed E-state index contributed by atoms with van der Waals surface area (Å²) in [5.74, 6) is 0.352. The summed E-state index contributed by atoms with van der Waals surface area (Å²) in [7, 11) is 1.36. The van der Waals surface area contributed by atoms with E-state index < -0.39 is 6.61 Å². The van der Waals surface area contributed by atoms with Gasteiger partial charge in [-0.05, 0) is 30.2 Å². The number of alkyl halides is 2. The number of rotatable bonds is 8. The molecule has 0 saturated carbocycles. The Morgan fingerprint density at radius 3 is 2.60 bits per heavy atom. The minimum atomic E-state index is -3.01. The number of aromatic amines is 1. The van der Waals surface area contributed by atoms with Gasteiger partial charge in [-0.1, -0.05) is 38.1 Å². The molecule has 1 atom stereocenters. The number of carbonyl (C=O) groups is 1. The Kier molecular flexibility index (Phi) is 6.66. The van der Waals surface area contributed by atoms with Gasteiger partial charge in [0.05, 0.1) is 24.2 Å². The number of imidazole rings is 1. The third kappa shape index (κ3) is 4.94. The first-order chi connectivity index (χ1) is 14.4. The Morgan fingerprint density at radius 1 is 1.17 bits per heavy atom. The maximum atomic E-state index is 12.8. The zero-order chi connectivity index (χ0) is 21.7. The highest BCUT2D eigenvalue weighted by Gasteiger charge is 2.21. The molecule has 2 aromatic carbocycles. The summed E-state index contributed by atoms with van der Waals surface area (Å²) in [6.07, 6.45) is 2.68. The van der Waals surface area contributed by atoms with Crippen molar-refractivity contribution in [3.8, 4) is 11.5 Å². The molecule has 0 aliphatic rings. The van der Waals surface area contributed by atoms with Gasteiger partial charge in [0.25, 0.3) is 0 Å². The predicted molar refractivity (Wildman–Crippen MR) is 110 cm³/mol. The first-order valence-corrected chi connectivity index (χ1v) is 9.44. The molecule has 3 aromatic rings. The third-order valence-electron chi connectivity index (χ3n) is 4.52. The molecule has 0 bridgehead atoms. The van der Waals surface area contributed by atoms with Crippen molar-refractivity contribution in [2.24, 2.45) is 5.92 Å². The number of fused-ring (bicyclic) bond motifs is 1. The van der Waals surface area contributed by atoms with Gasteiger partial charge in [-0.3, -0.25) is 4.79 Å². The number of nitrogens with zero attached hydrogens (tertiary/aromatic N) is 1. The van der Waals surface area contributed by atoms with E-state index in [1.54, 1.807) is 12.1 Å². The lowest BCUT2D eigenvalue weighted by Gasteiger charge is -2.19. The van der Waals surface area contributed by atoms with Crippen molar-refractivity contribution < 1.29 is 23.0 Å². The van der Waals surface area contributed by atoms with Gasteiger partial charge in [-0.2, -0.15) is 8.78 Å². The van der Waals surface area contributed by atoms with Crippen LogP contribution in [0.3, 0.4) is 0 Å². The second kappa shape index (κ2) is 9.39. The fraction of sp³-hybridized carbons (Fsp3) is 0.273. The summed E-state index contributed by atoms with van der Waals surface area (Å²) < 4.78 is 35.2. The van der Waals surface area contributed by atoms with E-state index in [0.29, 0.717) is 11.4 Å². The lowest BCUT2D eigenvalue weighted by atomic mass is 10.0. The van der Waals surface area contributed by atoms with Gasteiger partial charge < -0.3 is 19.8 Å². The number of methoxy groups -OCH3 is 1. The molecule has 3 rings (SSSR count). The Labute approximate surface area is 172 Å². The lowest BCUT2D eigenvalue weighted by Crippen LogP contribution is -2.31. The number of hydrogen-bond acceptors (Lipinski definition) is 4. The molecule has 1 amide bonds. The van der Waals surface area contributed by atoms with Crippen LogP contribution in [-0.2, 0) is 4.79 Å². The van der Waals surface area contributed by atoms with Gasteiger partial charge in [0.1, 0.15) is 5.82 Å². The molecule has 0 spiro atoms. The molecule has 0 saturated heterocycles. The molecule has 2 N–H and O–H groups in total. The Morgan fingerprint density at radius 2 is 1.93 bits per heavy atom. The number of H-pyrrole nitrogens is 1. The maximum absolute atomic E-state index is 12.8. The number of hydrogen-bond donors (Lipinski definition) is 2. The van der Waals surface area contributed by atoms with Gasteiger partial charge in [0.2, 0.25) is 5.91 Å². The number of carbonyl (C=O) groups excluding carboxylic acids is 1. The van der Waals surface area contributed by atoms with Crippen LogP contribution in [0.5, 0.6) is 11.5 Å². The summed E-state index contributed by atoms with van der Waals surface area (Å²) in [6, 6.07) is 11.9. The summed E-state index contributed by atoms with van der Waals surface area (Å²) in [5.41, 5.74) is 2.00. The molecule has 0 aliphatic carbocycles. The minimum absolute atomic E-state index is 0.0671. The Hall–Kier alpha value is -3.42. The molecule has 158 valence electrons.